The van der Waals surface area contributed by atoms with Crippen LogP contribution < -0.4 is 10.6 Å². The lowest BCUT2D eigenvalue weighted by Gasteiger charge is -2.27. The first-order valence-electron chi connectivity index (χ1n) is 10.4. The van der Waals surface area contributed by atoms with Crippen LogP contribution in [0.5, 0.6) is 0 Å². The Hall–Kier alpha value is -2.14. The third-order valence-electron chi connectivity index (χ3n) is 6.13. The molecule has 0 radical (unpaired) electrons. The van der Waals surface area contributed by atoms with E-state index in [0.717, 1.165) is 43.1 Å². The number of benzene rings is 1. The Bertz CT molecular complexity index is 774. The van der Waals surface area contributed by atoms with Gasteiger partial charge in [0.05, 0.1) is 0 Å². The number of carbonyl (C=O) groups is 1. The van der Waals surface area contributed by atoms with Crippen LogP contribution in [-0.2, 0) is 17.8 Å². The summed E-state index contributed by atoms with van der Waals surface area (Å²) in [6, 6.07) is 8.12. The average molecular weight is 367 g/mol. The Morgan fingerprint density at radius 3 is 2.81 bits per heavy atom. The van der Waals surface area contributed by atoms with Gasteiger partial charge in [-0.25, -0.2) is 4.98 Å². The van der Waals surface area contributed by atoms with Gasteiger partial charge in [0.15, 0.2) is 0 Å². The third-order valence-corrected chi connectivity index (χ3v) is 6.13. The van der Waals surface area contributed by atoms with Crippen molar-refractivity contribution in [2.75, 3.05) is 18.4 Å². The summed E-state index contributed by atoms with van der Waals surface area (Å²) in [5, 5.41) is 6.46. The first-order chi connectivity index (χ1) is 13.2. The van der Waals surface area contributed by atoms with Gasteiger partial charge in [-0.05, 0) is 81.3 Å². The van der Waals surface area contributed by atoms with Crippen LogP contribution in [0.4, 0.5) is 5.69 Å². The van der Waals surface area contributed by atoms with E-state index in [4.69, 9.17) is 0 Å². The maximum Gasteiger partial charge on any atom is 0.224 e. The molecular weight excluding hydrogens is 336 g/mol. The molecule has 5 heteroatoms. The molecule has 2 aliphatic rings. The molecule has 144 valence electrons. The highest BCUT2D eigenvalue weighted by molar-refractivity contribution is 5.91. The van der Waals surface area contributed by atoms with E-state index in [1.54, 1.807) is 0 Å². The highest BCUT2D eigenvalue weighted by Gasteiger charge is 2.22. The van der Waals surface area contributed by atoms with Crippen molar-refractivity contribution in [2.45, 2.75) is 52.0 Å². The molecule has 0 aliphatic carbocycles. The molecule has 27 heavy (non-hydrogen) atoms. The van der Waals surface area contributed by atoms with Gasteiger partial charge in [0.1, 0.15) is 5.82 Å². The molecule has 5 nitrogen and oxygen atoms in total. The summed E-state index contributed by atoms with van der Waals surface area (Å²) in [4.78, 5) is 17.0. The van der Waals surface area contributed by atoms with E-state index in [1.807, 2.05) is 18.3 Å². The van der Waals surface area contributed by atoms with Crippen molar-refractivity contribution >= 4 is 11.6 Å². The summed E-state index contributed by atoms with van der Waals surface area (Å²) in [6.07, 6.45) is 8.56. The summed E-state index contributed by atoms with van der Waals surface area (Å²) in [7, 11) is 0. The predicted octanol–water partition coefficient (Wildman–Crippen LogP) is 3.85. The minimum absolute atomic E-state index is 0.118. The van der Waals surface area contributed by atoms with Crippen LogP contribution in [0, 0.1) is 11.8 Å². The van der Waals surface area contributed by atoms with E-state index in [2.05, 4.69) is 39.2 Å². The monoisotopic (exact) mass is 366 g/mol. The molecule has 1 saturated heterocycles. The number of fused-ring (bicyclic) bond motifs is 1. The Balaban J connectivity index is 1.36. The minimum Gasteiger partial charge on any atom is -0.328 e. The Kier molecular flexibility index (Phi) is 5.58. The zero-order valence-electron chi connectivity index (χ0n) is 16.2. The lowest BCUT2D eigenvalue weighted by molar-refractivity contribution is -0.117. The summed E-state index contributed by atoms with van der Waals surface area (Å²) in [5.41, 5.74) is 3.32. The molecule has 2 aliphatic heterocycles. The smallest absolute Gasteiger partial charge is 0.224 e. The van der Waals surface area contributed by atoms with Crippen molar-refractivity contribution in [2.24, 2.45) is 11.8 Å². The first kappa shape index (κ1) is 18.2. The number of nitrogens with zero attached hydrogens (tertiary/aromatic N) is 2. The van der Waals surface area contributed by atoms with Crippen LogP contribution in [0.3, 0.4) is 0 Å². The van der Waals surface area contributed by atoms with E-state index < -0.39 is 0 Å². The molecule has 2 aromatic rings. The van der Waals surface area contributed by atoms with Gasteiger partial charge in [0, 0.05) is 36.1 Å². The van der Waals surface area contributed by atoms with E-state index in [-0.39, 0.29) is 5.91 Å². The number of aromatic nitrogens is 2. The molecule has 0 spiro atoms. The van der Waals surface area contributed by atoms with Crippen LogP contribution in [-0.4, -0.2) is 28.5 Å². The zero-order valence-corrected chi connectivity index (χ0v) is 16.2. The number of rotatable bonds is 5. The fourth-order valence-electron chi connectivity index (χ4n) is 4.45. The molecule has 1 aromatic heterocycles. The third kappa shape index (κ3) is 4.24. The quantitative estimate of drug-likeness (QED) is 0.845. The van der Waals surface area contributed by atoms with Crippen LogP contribution in [0.2, 0.25) is 0 Å². The van der Waals surface area contributed by atoms with Crippen molar-refractivity contribution in [1.29, 1.82) is 0 Å². The van der Waals surface area contributed by atoms with Crippen LogP contribution >= 0.6 is 0 Å². The molecule has 1 atom stereocenters. The number of hydrogen-bond acceptors (Lipinski definition) is 3. The first-order valence-corrected chi connectivity index (χ1v) is 10.4. The van der Waals surface area contributed by atoms with Gasteiger partial charge < -0.3 is 15.2 Å². The molecule has 3 heterocycles. The topological polar surface area (TPSA) is 59.0 Å². The van der Waals surface area contributed by atoms with Crippen molar-refractivity contribution in [3.05, 3.63) is 36.2 Å². The summed E-state index contributed by atoms with van der Waals surface area (Å²) in [5.74, 6) is 2.25. The molecule has 1 unspecified atom stereocenters. The Morgan fingerprint density at radius 2 is 2.04 bits per heavy atom. The molecule has 1 fully saturated rings. The zero-order chi connectivity index (χ0) is 18.6. The second kappa shape index (κ2) is 8.26. The van der Waals surface area contributed by atoms with Crippen molar-refractivity contribution in [1.82, 2.24) is 14.9 Å². The van der Waals surface area contributed by atoms with Gasteiger partial charge in [-0.1, -0.05) is 6.92 Å². The number of imidazole rings is 1. The summed E-state index contributed by atoms with van der Waals surface area (Å²) < 4.78 is 2.33. The molecule has 0 saturated carbocycles. The fraction of sp³-hybridized carbons (Fsp3) is 0.545. The van der Waals surface area contributed by atoms with E-state index in [1.165, 1.54) is 31.4 Å². The van der Waals surface area contributed by atoms with Crippen molar-refractivity contribution in [3.8, 4) is 11.4 Å². The molecule has 1 aromatic carbocycles. The van der Waals surface area contributed by atoms with Gasteiger partial charge in [0.25, 0.3) is 0 Å². The largest absolute Gasteiger partial charge is 0.328 e. The standard InChI is InChI=1S/C22H30N4O/c1-16(17-9-11-23-12-10-17)14-21(27)25-19-7-5-18(6-8-19)22-24-15-20-4-2-3-13-26(20)22/h5-8,15-17,23H,2-4,9-14H2,1H3,(H,25,27). The fourth-order valence-corrected chi connectivity index (χ4v) is 4.45. The maximum atomic E-state index is 12.4. The number of aryl methyl sites for hydroxylation is 1. The number of nitrogens with one attached hydrogen (secondary N) is 2. The predicted molar refractivity (Wildman–Crippen MR) is 109 cm³/mol. The number of anilines is 1. The lowest BCUT2D eigenvalue weighted by Crippen LogP contribution is -2.32. The summed E-state index contributed by atoms with van der Waals surface area (Å²) >= 11 is 0. The van der Waals surface area contributed by atoms with Crippen LogP contribution in [0.15, 0.2) is 30.5 Å². The minimum atomic E-state index is 0.118. The lowest BCUT2D eigenvalue weighted by atomic mass is 9.84. The average Bonchev–Trinajstić information content (AvgIpc) is 3.13. The van der Waals surface area contributed by atoms with Crippen molar-refractivity contribution in [3.63, 3.8) is 0 Å². The van der Waals surface area contributed by atoms with Gasteiger partial charge in [-0.15, -0.1) is 0 Å². The van der Waals surface area contributed by atoms with Gasteiger partial charge in [0.2, 0.25) is 5.91 Å². The second-order valence-electron chi connectivity index (χ2n) is 8.08. The maximum absolute atomic E-state index is 12.4. The molecule has 2 N–H and O–H groups in total. The highest BCUT2D eigenvalue weighted by Crippen LogP contribution is 2.27. The van der Waals surface area contributed by atoms with E-state index >= 15 is 0 Å². The SMILES string of the molecule is CC(CC(=O)Nc1ccc(-c2ncc3n2CCCC3)cc1)C1CCNCC1. The molecule has 1 amide bonds. The van der Waals surface area contributed by atoms with Crippen molar-refractivity contribution < 1.29 is 4.79 Å². The second-order valence-corrected chi connectivity index (χ2v) is 8.08. The Labute approximate surface area is 161 Å². The van der Waals surface area contributed by atoms with Gasteiger partial charge in [-0.2, -0.15) is 0 Å². The number of piperidine rings is 1. The normalized spacial score (nSPS) is 18.7. The number of hydrogen-bond donors (Lipinski definition) is 2. The number of amides is 1. The van der Waals surface area contributed by atoms with Gasteiger partial charge >= 0.3 is 0 Å². The van der Waals surface area contributed by atoms with E-state index in [9.17, 15) is 4.79 Å². The number of carbonyl (C=O) groups excluding carboxylic acids is 1. The molecule has 4 rings (SSSR count). The van der Waals surface area contributed by atoms with E-state index in [0.29, 0.717) is 18.3 Å². The van der Waals surface area contributed by atoms with Crippen LogP contribution in [0.25, 0.3) is 11.4 Å². The molecular formula is C22H30N4O. The van der Waals surface area contributed by atoms with Gasteiger partial charge in [-0.3, -0.25) is 4.79 Å². The molecule has 0 bridgehead atoms. The summed E-state index contributed by atoms with van der Waals surface area (Å²) in [6.45, 7) is 5.42. The Morgan fingerprint density at radius 1 is 1.26 bits per heavy atom. The van der Waals surface area contributed by atoms with Crippen LogP contribution in [0.1, 0.15) is 44.7 Å². The highest BCUT2D eigenvalue weighted by atomic mass is 16.1.